The van der Waals surface area contributed by atoms with E-state index in [1.165, 1.54) is 31.4 Å². The molecule has 1 heterocycles. The summed E-state index contributed by atoms with van der Waals surface area (Å²) in [6, 6.07) is 0.339. The molecule has 4 heteroatoms. The number of hydrogen-bond acceptors (Lipinski definition) is 3. The number of rotatable bonds is 8. The molecule has 18 heavy (non-hydrogen) atoms. The molecule has 1 fully saturated rings. The van der Waals surface area contributed by atoms with Gasteiger partial charge in [0, 0.05) is 31.4 Å². The first-order valence-electron chi connectivity index (χ1n) is 7.24. The second-order valence-corrected chi connectivity index (χ2v) is 5.32. The number of aromatic nitrogens is 2. The standard InChI is InChI=1S/C14H26N4/c1-3-7-17(10-12-5-6-12)14(8-15)13-9-16-18(4-2)11-13/h9,11-12,14H,3-8,10,15H2,1-2H3. The highest BCUT2D eigenvalue weighted by atomic mass is 15.3. The van der Waals surface area contributed by atoms with Gasteiger partial charge in [-0.15, -0.1) is 0 Å². The van der Waals surface area contributed by atoms with E-state index in [0.29, 0.717) is 12.6 Å². The van der Waals surface area contributed by atoms with Crippen LogP contribution in [-0.2, 0) is 6.54 Å². The highest BCUT2D eigenvalue weighted by Gasteiger charge is 2.28. The molecule has 1 aromatic rings. The van der Waals surface area contributed by atoms with Crippen LogP contribution in [0.4, 0.5) is 0 Å². The van der Waals surface area contributed by atoms with Gasteiger partial charge in [0.2, 0.25) is 0 Å². The summed E-state index contributed by atoms with van der Waals surface area (Å²) in [5.41, 5.74) is 7.28. The molecule has 0 bridgehead atoms. The molecule has 102 valence electrons. The first kappa shape index (κ1) is 13.6. The summed E-state index contributed by atoms with van der Waals surface area (Å²) in [5.74, 6) is 0.909. The largest absolute Gasteiger partial charge is 0.329 e. The third kappa shape index (κ3) is 3.33. The van der Waals surface area contributed by atoms with Gasteiger partial charge in [-0.05, 0) is 38.6 Å². The van der Waals surface area contributed by atoms with Gasteiger partial charge in [-0.1, -0.05) is 6.92 Å². The van der Waals surface area contributed by atoms with E-state index >= 15 is 0 Å². The van der Waals surface area contributed by atoms with Crippen LogP contribution in [0, 0.1) is 5.92 Å². The van der Waals surface area contributed by atoms with Gasteiger partial charge < -0.3 is 5.73 Å². The zero-order chi connectivity index (χ0) is 13.0. The minimum absolute atomic E-state index is 0.339. The zero-order valence-electron chi connectivity index (χ0n) is 11.7. The van der Waals surface area contributed by atoms with Crippen LogP contribution in [0.5, 0.6) is 0 Å². The molecular formula is C14H26N4. The lowest BCUT2D eigenvalue weighted by Gasteiger charge is -2.30. The lowest BCUT2D eigenvalue weighted by molar-refractivity contribution is 0.193. The lowest BCUT2D eigenvalue weighted by Crippen LogP contribution is -2.35. The predicted molar refractivity (Wildman–Crippen MR) is 74.3 cm³/mol. The van der Waals surface area contributed by atoms with Crippen LogP contribution in [-0.4, -0.2) is 34.3 Å². The number of aryl methyl sites for hydroxylation is 1. The minimum Gasteiger partial charge on any atom is -0.329 e. The van der Waals surface area contributed by atoms with Crippen molar-refractivity contribution in [2.75, 3.05) is 19.6 Å². The molecule has 4 nitrogen and oxygen atoms in total. The first-order chi connectivity index (χ1) is 8.78. The normalized spacial score (nSPS) is 17.3. The van der Waals surface area contributed by atoms with Crippen LogP contribution >= 0.6 is 0 Å². The van der Waals surface area contributed by atoms with Gasteiger partial charge in [-0.3, -0.25) is 9.58 Å². The molecule has 1 aliphatic rings. The Hall–Kier alpha value is -0.870. The van der Waals surface area contributed by atoms with Gasteiger partial charge in [-0.2, -0.15) is 5.10 Å². The van der Waals surface area contributed by atoms with Gasteiger partial charge >= 0.3 is 0 Å². The SMILES string of the molecule is CCCN(CC1CC1)C(CN)c1cnn(CC)c1. The van der Waals surface area contributed by atoms with Crippen LogP contribution in [0.3, 0.4) is 0 Å². The Labute approximate surface area is 110 Å². The second-order valence-electron chi connectivity index (χ2n) is 5.32. The molecule has 0 radical (unpaired) electrons. The fraction of sp³-hybridized carbons (Fsp3) is 0.786. The summed E-state index contributed by atoms with van der Waals surface area (Å²) in [6.45, 7) is 8.30. The molecule has 0 aromatic carbocycles. The Balaban J connectivity index is 2.07. The lowest BCUT2D eigenvalue weighted by atomic mass is 10.1. The molecule has 0 amide bonds. The molecule has 0 spiro atoms. The van der Waals surface area contributed by atoms with Crippen molar-refractivity contribution < 1.29 is 0 Å². The monoisotopic (exact) mass is 250 g/mol. The fourth-order valence-electron chi connectivity index (χ4n) is 2.51. The van der Waals surface area contributed by atoms with E-state index in [9.17, 15) is 0 Å². The van der Waals surface area contributed by atoms with Crippen molar-refractivity contribution in [2.45, 2.75) is 45.7 Å². The molecule has 0 aliphatic heterocycles. The molecule has 1 unspecified atom stereocenters. The smallest absolute Gasteiger partial charge is 0.0538 e. The quantitative estimate of drug-likeness (QED) is 0.768. The van der Waals surface area contributed by atoms with E-state index in [1.807, 2.05) is 10.9 Å². The maximum absolute atomic E-state index is 6.00. The molecule has 2 N–H and O–H groups in total. The fourth-order valence-corrected chi connectivity index (χ4v) is 2.51. The summed E-state index contributed by atoms with van der Waals surface area (Å²) in [4.78, 5) is 2.55. The summed E-state index contributed by atoms with van der Waals surface area (Å²) < 4.78 is 1.99. The van der Waals surface area contributed by atoms with Crippen molar-refractivity contribution in [1.29, 1.82) is 0 Å². The maximum Gasteiger partial charge on any atom is 0.0538 e. The topological polar surface area (TPSA) is 47.1 Å². The molecule has 0 saturated heterocycles. The van der Waals surface area contributed by atoms with E-state index in [1.54, 1.807) is 0 Å². The van der Waals surface area contributed by atoms with Crippen molar-refractivity contribution in [3.63, 3.8) is 0 Å². The Bertz CT molecular complexity index is 356. The molecule has 1 atom stereocenters. The molecular weight excluding hydrogens is 224 g/mol. The van der Waals surface area contributed by atoms with E-state index in [2.05, 4.69) is 30.0 Å². The zero-order valence-corrected chi connectivity index (χ0v) is 11.7. The van der Waals surface area contributed by atoms with Crippen molar-refractivity contribution >= 4 is 0 Å². The van der Waals surface area contributed by atoms with Gasteiger partial charge in [0.1, 0.15) is 0 Å². The third-order valence-electron chi connectivity index (χ3n) is 3.73. The van der Waals surface area contributed by atoms with Crippen molar-refractivity contribution in [3.8, 4) is 0 Å². The predicted octanol–water partition coefficient (Wildman–Crippen LogP) is 2.02. The van der Waals surface area contributed by atoms with Crippen LogP contribution in [0.15, 0.2) is 12.4 Å². The second kappa shape index (κ2) is 6.34. The summed E-state index contributed by atoms with van der Waals surface area (Å²) in [6.07, 6.45) is 8.10. The average Bonchev–Trinajstić information content (AvgIpc) is 3.06. The summed E-state index contributed by atoms with van der Waals surface area (Å²) >= 11 is 0. The van der Waals surface area contributed by atoms with Crippen molar-refractivity contribution in [2.24, 2.45) is 11.7 Å². The van der Waals surface area contributed by atoms with Crippen molar-refractivity contribution in [3.05, 3.63) is 18.0 Å². The minimum atomic E-state index is 0.339. The Morgan fingerprint density at radius 1 is 1.50 bits per heavy atom. The van der Waals surface area contributed by atoms with Gasteiger partial charge in [0.05, 0.1) is 12.2 Å². The molecule has 1 aliphatic carbocycles. The third-order valence-corrected chi connectivity index (χ3v) is 3.73. The van der Waals surface area contributed by atoms with E-state index < -0.39 is 0 Å². The number of nitrogens with zero attached hydrogens (tertiary/aromatic N) is 3. The Morgan fingerprint density at radius 2 is 2.28 bits per heavy atom. The first-order valence-corrected chi connectivity index (χ1v) is 7.24. The molecule has 1 aromatic heterocycles. The van der Waals surface area contributed by atoms with Crippen molar-refractivity contribution in [1.82, 2.24) is 14.7 Å². The Kier molecular flexibility index (Phi) is 4.78. The van der Waals surface area contributed by atoms with Crippen LogP contribution in [0.1, 0.15) is 44.7 Å². The van der Waals surface area contributed by atoms with Gasteiger partial charge in [0.15, 0.2) is 0 Å². The van der Waals surface area contributed by atoms with Gasteiger partial charge in [-0.25, -0.2) is 0 Å². The molecule has 2 rings (SSSR count). The van der Waals surface area contributed by atoms with E-state index in [-0.39, 0.29) is 0 Å². The van der Waals surface area contributed by atoms with Crippen LogP contribution in [0.25, 0.3) is 0 Å². The average molecular weight is 250 g/mol. The number of nitrogens with two attached hydrogens (primary N) is 1. The van der Waals surface area contributed by atoms with E-state index in [0.717, 1.165) is 19.0 Å². The summed E-state index contributed by atoms with van der Waals surface area (Å²) in [5, 5.41) is 4.38. The van der Waals surface area contributed by atoms with Crippen LogP contribution < -0.4 is 5.73 Å². The maximum atomic E-state index is 6.00. The Morgan fingerprint density at radius 3 is 2.78 bits per heavy atom. The van der Waals surface area contributed by atoms with Crippen LogP contribution in [0.2, 0.25) is 0 Å². The number of hydrogen-bond donors (Lipinski definition) is 1. The molecule has 1 saturated carbocycles. The summed E-state index contributed by atoms with van der Waals surface area (Å²) in [7, 11) is 0. The van der Waals surface area contributed by atoms with Gasteiger partial charge in [0.25, 0.3) is 0 Å². The van der Waals surface area contributed by atoms with E-state index in [4.69, 9.17) is 5.73 Å². The highest BCUT2D eigenvalue weighted by molar-refractivity contribution is 5.11. The highest BCUT2D eigenvalue weighted by Crippen LogP contribution is 2.32.